The van der Waals surface area contributed by atoms with E-state index in [0.717, 1.165) is 26.2 Å². The zero-order valence-corrected chi connectivity index (χ0v) is 19.0. The van der Waals surface area contributed by atoms with Crippen LogP contribution >= 0.6 is 11.3 Å². The molecule has 1 saturated carbocycles. The number of carboxylic acids is 2. The van der Waals surface area contributed by atoms with E-state index in [0.29, 0.717) is 18.1 Å². The highest BCUT2D eigenvalue weighted by Crippen LogP contribution is 2.36. The Labute approximate surface area is 200 Å². The number of aliphatic carboxylic acids is 2. The first-order valence-electron chi connectivity index (χ1n) is 10.4. The molecule has 2 fully saturated rings. The highest BCUT2D eigenvalue weighted by atomic mass is 32.1. The van der Waals surface area contributed by atoms with Crippen LogP contribution in [-0.4, -0.2) is 69.3 Å². The number of alkyl halides is 6. The second-order valence-corrected chi connectivity index (χ2v) is 8.61. The van der Waals surface area contributed by atoms with E-state index in [2.05, 4.69) is 50.8 Å². The van der Waals surface area contributed by atoms with Gasteiger partial charge in [0.2, 0.25) is 0 Å². The Kier molecular flexibility index (Phi) is 10.2. The molecule has 3 atom stereocenters. The summed E-state index contributed by atoms with van der Waals surface area (Å²) < 4.78 is 71.9. The number of carbonyl (C=O) groups is 2. The van der Waals surface area contributed by atoms with Crippen molar-refractivity contribution < 1.29 is 50.9 Å². The summed E-state index contributed by atoms with van der Waals surface area (Å²) in [6, 6.07) is 7.08. The third-order valence-electron chi connectivity index (χ3n) is 5.40. The predicted octanol–water partition coefficient (Wildman–Crippen LogP) is 4.50. The van der Waals surface area contributed by atoms with Gasteiger partial charge >= 0.3 is 24.3 Å². The lowest BCUT2D eigenvalue weighted by atomic mass is 10.0. The van der Waals surface area contributed by atoms with E-state index >= 15 is 0 Å². The summed E-state index contributed by atoms with van der Waals surface area (Å²) in [4.78, 5) is 20.4. The van der Waals surface area contributed by atoms with Gasteiger partial charge < -0.3 is 19.5 Å². The van der Waals surface area contributed by atoms with Crippen molar-refractivity contribution in [3.05, 3.63) is 46.9 Å². The van der Waals surface area contributed by atoms with Crippen molar-refractivity contribution in [3.8, 4) is 0 Å². The molecule has 3 unspecified atom stereocenters. The molecule has 196 valence electrons. The lowest BCUT2D eigenvalue weighted by molar-refractivity contribution is -0.193. The smallest absolute Gasteiger partial charge is 0.475 e. The van der Waals surface area contributed by atoms with Gasteiger partial charge in [0.15, 0.2) is 0 Å². The summed E-state index contributed by atoms with van der Waals surface area (Å²) in [6.45, 7) is 4.14. The molecule has 0 aromatic carbocycles. The highest BCUT2D eigenvalue weighted by molar-refractivity contribution is 7.07. The van der Waals surface area contributed by atoms with E-state index in [1.54, 1.807) is 11.3 Å². The number of hydrogen-bond acceptors (Lipinski definition) is 5. The fourth-order valence-electron chi connectivity index (χ4n) is 3.91. The minimum atomic E-state index is -5.08. The highest BCUT2D eigenvalue weighted by Gasteiger charge is 2.42. The molecule has 4 rings (SSSR count). The number of ether oxygens (including phenoxy) is 1. The molecule has 2 N–H and O–H groups in total. The Bertz CT molecular complexity index is 894. The Morgan fingerprint density at radius 1 is 1.03 bits per heavy atom. The molecule has 3 heterocycles. The Balaban J connectivity index is 0.000000257. The molecule has 7 nitrogen and oxygen atoms in total. The maximum atomic E-state index is 10.6. The molecule has 1 saturated heterocycles. The van der Waals surface area contributed by atoms with E-state index in [-0.39, 0.29) is 0 Å². The van der Waals surface area contributed by atoms with Gasteiger partial charge in [0.1, 0.15) is 0 Å². The van der Waals surface area contributed by atoms with Crippen molar-refractivity contribution >= 4 is 23.3 Å². The van der Waals surface area contributed by atoms with Gasteiger partial charge in [-0.3, -0.25) is 4.90 Å². The summed E-state index contributed by atoms with van der Waals surface area (Å²) in [7, 11) is 0. The number of carboxylic acid groups (broad SMARTS) is 2. The zero-order chi connectivity index (χ0) is 26.2. The summed E-state index contributed by atoms with van der Waals surface area (Å²) in [5.41, 5.74) is 1.45. The average Bonchev–Trinajstić information content (AvgIpc) is 3.51. The van der Waals surface area contributed by atoms with E-state index < -0.39 is 24.3 Å². The third-order valence-corrected chi connectivity index (χ3v) is 6.13. The first-order valence-corrected chi connectivity index (χ1v) is 11.3. The van der Waals surface area contributed by atoms with Crippen LogP contribution in [-0.2, 0) is 27.4 Å². The van der Waals surface area contributed by atoms with Crippen LogP contribution in [0.15, 0.2) is 41.4 Å². The molecule has 1 aliphatic carbocycles. The number of rotatable bonds is 4. The Morgan fingerprint density at radius 3 is 2.09 bits per heavy atom. The van der Waals surface area contributed by atoms with Crippen molar-refractivity contribution in [2.45, 2.75) is 50.4 Å². The maximum Gasteiger partial charge on any atom is 0.490 e. The second-order valence-electron chi connectivity index (χ2n) is 7.83. The van der Waals surface area contributed by atoms with Crippen LogP contribution in [0.2, 0.25) is 0 Å². The maximum absolute atomic E-state index is 10.6. The lowest BCUT2D eigenvalue weighted by Crippen LogP contribution is -2.50. The van der Waals surface area contributed by atoms with Crippen LogP contribution in [0.1, 0.15) is 18.4 Å². The molecule has 2 aliphatic rings. The van der Waals surface area contributed by atoms with Crippen LogP contribution in [0, 0.1) is 5.92 Å². The van der Waals surface area contributed by atoms with Gasteiger partial charge in [-0.15, -0.1) is 0 Å². The van der Waals surface area contributed by atoms with Gasteiger partial charge in [0.25, 0.3) is 0 Å². The average molecular weight is 530 g/mol. The van der Waals surface area contributed by atoms with Crippen LogP contribution in [0.25, 0.3) is 0 Å². The molecular weight excluding hydrogens is 506 g/mol. The molecule has 35 heavy (non-hydrogen) atoms. The van der Waals surface area contributed by atoms with Crippen molar-refractivity contribution in [3.63, 3.8) is 0 Å². The van der Waals surface area contributed by atoms with Gasteiger partial charge in [-0.25, -0.2) is 9.59 Å². The molecule has 14 heteroatoms. The van der Waals surface area contributed by atoms with Crippen LogP contribution in [0.3, 0.4) is 0 Å². The predicted molar refractivity (Wildman–Crippen MR) is 113 cm³/mol. The van der Waals surface area contributed by atoms with Crippen molar-refractivity contribution in [1.82, 2.24) is 9.47 Å². The van der Waals surface area contributed by atoms with Gasteiger partial charge in [-0.2, -0.15) is 37.7 Å². The Morgan fingerprint density at radius 2 is 1.60 bits per heavy atom. The fraction of sp³-hybridized carbons (Fsp3) is 0.524. The number of fused-ring (bicyclic) bond motifs is 1. The van der Waals surface area contributed by atoms with Crippen LogP contribution < -0.4 is 0 Å². The summed E-state index contributed by atoms with van der Waals surface area (Å²) in [5, 5.41) is 18.7. The normalized spacial score (nSPS) is 22.3. The summed E-state index contributed by atoms with van der Waals surface area (Å²) >= 11 is 1.80. The Hall–Kier alpha value is -2.58. The number of morpholine rings is 1. The molecule has 2 aromatic rings. The first kappa shape index (κ1) is 28.7. The molecule has 1 aliphatic heterocycles. The van der Waals surface area contributed by atoms with E-state index in [1.807, 2.05) is 0 Å². The number of nitrogens with zero attached hydrogens (tertiary/aromatic N) is 2. The van der Waals surface area contributed by atoms with E-state index in [1.165, 1.54) is 18.4 Å². The van der Waals surface area contributed by atoms with Crippen LogP contribution in [0.4, 0.5) is 26.3 Å². The molecule has 0 radical (unpaired) electrons. The monoisotopic (exact) mass is 530 g/mol. The van der Waals surface area contributed by atoms with Gasteiger partial charge in [0.05, 0.1) is 12.7 Å². The molecule has 0 bridgehead atoms. The van der Waals surface area contributed by atoms with Crippen molar-refractivity contribution in [1.29, 1.82) is 0 Å². The number of aromatic nitrogens is 1. The van der Waals surface area contributed by atoms with E-state index in [4.69, 9.17) is 24.5 Å². The minimum absolute atomic E-state index is 0.416. The fourth-order valence-corrected chi connectivity index (χ4v) is 4.57. The second kappa shape index (κ2) is 12.4. The molecule has 0 spiro atoms. The number of thiophene rings is 1. The summed E-state index contributed by atoms with van der Waals surface area (Å²) in [5.74, 6) is -4.85. The van der Waals surface area contributed by atoms with E-state index in [9.17, 15) is 26.3 Å². The zero-order valence-electron chi connectivity index (χ0n) is 18.2. The van der Waals surface area contributed by atoms with Crippen LogP contribution in [0.5, 0.6) is 0 Å². The largest absolute Gasteiger partial charge is 0.490 e. The standard InChI is InChI=1S/C17H22N2OS.2C2HF3O2/c1-2-7-18(6-1)12-15-3-4-16-17(15)20-9-8-19(16)11-14-5-10-21-13-14;2*3-2(4,5)1(6)7/h1-2,5-7,10,13,15-17H,3-4,8-9,11-12H2;2*(H,6,7). The van der Waals surface area contributed by atoms with Crippen molar-refractivity contribution in [2.75, 3.05) is 13.2 Å². The van der Waals surface area contributed by atoms with Gasteiger partial charge in [0, 0.05) is 44.0 Å². The number of hydrogen-bond donors (Lipinski definition) is 2. The summed E-state index contributed by atoms with van der Waals surface area (Å²) in [6.07, 6.45) is -2.85. The first-order chi connectivity index (χ1) is 16.3. The van der Waals surface area contributed by atoms with Gasteiger partial charge in [-0.05, 0) is 47.4 Å². The molecule has 0 amide bonds. The molecular formula is C21H24F6N2O5S. The minimum Gasteiger partial charge on any atom is -0.475 e. The SMILES string of the molecule is O=C(O)C(F)(F)F.O=C(O)C(F)(F)F.c1ccn(CC2CCC3C2OCCN3Cc2ccsc2)c1. The third kappa shape index (κ3) is 9.18. The van der Waals surface area contributed by atoms with Crippen molar-refractivity contribution in [2.24, 2.45) is 5.92 Å². The molecule has 2 aromatic heterocycles. The quantitative estimate of drug-likeness (QED) is 0.566. The number of halogens is 6. The lowest BCUT2D eigenvalue weighted by Gasteiger charge is -2.39. The van der Waals surface area contributed by atoms with Gasteiger partial charge in [-0.1, -0.05) is 0 Å². The topological polar surface area (TPSA) is 92.0 Å².